The highest BCUT2D eigenvalue weighted by atomic mass is 35.5. The van der Waals surface area contributed by atoms with Gasteiger partial charge in [-0.2, -0.15) is 0 Å². The van der Waals surface area contributed by atoms with E-state index < -0.39 is 0 Å². The summed E-state index contributed by atoms with van der Waals surface area (Å²) in [5, 5.41) is 0.783. The Hall–Kier alpha value is -1.62. The summed E-state index contributed by atoms with van der Waals surface area (Å²) in [4.78, 5) is 17.5. The van der Waals surface area contributed by atoms with Gasteiger partial charge in [-0.3, -0.25) is 9.69 Å². The van der Waals surface area contributed by atoms with Crippen molar-refractivity contribution in [3.05, 3.63) is 68.6 Å². The van der Waals surface area contributed by atoms with E-state index in [0.717, 1.165) is 36.8 Å². The molecule has 1 aromatic heterocycles. The van der Waals surface area contributed by atoms with Crippen LogP contribution in [-0.2, 0) is 19.6 Å². The molecule has 1 aromatic carbocycles. The van der Waals surface area contributed by atoms with E-state index in [0.29, 0.717) is 18.4 Å². The quantitative estimate of drug-likeness (QED) is 0.826. The van der Waals surface area contributed by atoms with E-state index in [1.165, 1.54) is 17.7 Å². The Kier molecular flexibility index (Phi) is 4.91. The maximum atomic E-state index is 12.9. The van der Waals surface area contributed by atoms with Crippen molar-refractivity contribution in [2.45, 2.75) is 32.0 Å². The molecule has 138 valence electrons. The highest BCUT2D eigenvalue weighted by Crippen LogP contribution is 2.35. The lowest BCUT2D eigenvalue weighted by Crippen LogP contribution is -2.47. The first kappa shape index (κ1) is 17.8. The van der Waals surface area contributed by atoms with Crippen LogP contribution in [0.2, 0.25) is 5.02 Å². The molecule has 0 spiro atoms. The lowest BCUT2D eigenvalue weighted by Gasteiger charge is -2.43. The topological polar surface area (TPSA) is 28.5 Å². The van der Waals surface area contributed by atoms with Gasteiger partial charge in [-0.15, -0.1) is 0 Å². The van der Waals surface area contributed by atoms with E-state index in [1.54, 1.807) is 0 Å². The number of rotatable bonds is 4. The minimum Gasteiger partial charge on any atom is -0.312 e. The van der Waals surface area contributed by atoms with Crippen molar-refractivity contribution < 1.29 is 0 Å². The molecule has 26 heavy (non-hydrogen) atoms. The number of halogens is 1. The third kappa shape index (κ3) is 3.59. The average molecular weight is 372 g/mol. The Morgan fingerprint density at radius 2 is 1.85 bits per heavy atom. The molecule has 1 fully saturated rings. The van der Waals surface area contributed by atoms with Crippen LogP contribution in [0, 0.1) is 5.92 Å². The second-order valence-electron chi connectivity index (χ2n) is 8.06. The Balaban J connectivity index is 1.55. The molecular formula is C21H26ClN3O. The molecule has 2 aliphatic heterocycles. The van der Waals surface area contributed by atoms with Crippen LogP contribution in [0.1, 0.15) is 29.2 Å². The smallest absolute Gasteiger partial charge is 0.255 e. The van der Waals surface area contributed by atoms with Gasteiger partial charge in [0.1, 0.15) is 0 Å². The maximum absolute atomic E-state index is 12.9. The maximum Gasteiger partial charge on any atom is 0.255 e. The third-order valence-corrected chi connectivity index (χ3v) is 5.82. The van der Waals surface area contributed by atoms with E-state index in [-0.39, 0.29) is 5.56 Å². The van der Waals surface area contributed by atoms with Gasteiger partial charge in [-0.1, -0.05) is 29.8 Å². The van der Waals surface area contributed by atoms with Gasteiger partial charge in [0.25, 0.3) is 5.56 Å². The molecule has 4 rings (SSSR count). The first-order valence-corrected chi connectivity index (χ1v) is 9.71. The molecular weight excluding hydrogens is 346 g/mol. The van der Waals surface area contributed by atoms with Crippen molar-refractivity contribution in [3.63, 3.8) is 0 Å². The molecule has 5 heteroatoms. The Bertz CT molecular complexity index is 843. The van der Waals surface area contributed by atoms with Crippen LogP contribution in [0.15, 0.2) is 41.2 Å². The first-order valence-electron chi connectivity index (χ1n) is 9.33. The SMILES string of the molecule is CN(C)Cc1ccc2n(c1=O)C[C@H]1C[C@@H]2CN(Cc2ccc(Cl)cc2)C1. The Labute approximate surface area is 160 Å². The van der Waals surface area contributed by atoms with Crippen LogP contribution in [0.25, 0.3) is 0 Å². The van der Waals surface area contributed by atoms with Gasteiger partial charge in [0.05, 0.1) is 0 Å². The lowest BCUT2D eigenvalue weighted by molar-refractivity contribution is 0.114. The monoisotopic (exact) mass is 371 g/mol. The summed E-state index contributed by atoms with van der Waals surface area (Å²) in [6, 6.07) is 12.4. The van der Waals surface area contributed by atoms with Crippen molar-refractivity contribution in [1.82, 2.24) is 14.4 Å². The van der Waals surface area contributed by atoms with Crippen LogP contribution in [0.5, 0.6) is 0 Å². The van der Waals surface area contributed by atoms with Gasteiger partial charge in [0.2, 0.25) is 0 Å². The fourth-order valence-electron chi connectivity index (χ4n) is 4.53. The lowest BCUT2D eigenvalue weighted by atomic mass is 9.83. The third-order valence-electron chi connectivity index (χ3n) is 5.56. The molecule has 0 unspecified atom stereocenters. The fraction of sp³-hybridized carbons (Fsp3) is 0.476. The predicted octanol–water partition coefficient (Wildman–Crippen LogP) is 3.18. The predicted molar refractivity (Wildman–Crippen MR) is 106 cm³/mol. The molecule has 2 aromatic rings. The molecule has 2 atom stereocenters. The molecule has 0 amide bonds. The first-order chi connectivity index (χ1) is 12.5. The fourth-order valence-corrected chi connectivity index (χ4v) is 4.65. The van der Waals surface area contributed by atoms with Crippen molar-refractivity contribution in [2.75, 3.05) is 27.2 Å². The zero-order valence-electron chi connectivity index (χ0n) is 15.5. The highest BCUT2D eigenvalue weighted by molar-refractivity contribution is 6.30. The molecule has 0 aliphatic carbocycles. The number of piperidine rings is 1. The molecule has 4 nitrogen and oxygen atoms in total. The number of aromatic nitrogens is 1. The van der Waals surface area contributed by atoms with E-state index in [1.807, 2.05) is 32.3 Å². The molecule has 2 bridgehead atoms. The number of hydrogen-bond donors (Lipinski definition) is 0. The standard InChI is InChI=1S/C21H26ClN3O/c1-23(2)13-17-5-8-20-18-9-16(12-25(20)21(17)26)11-24(14-18)10-15-3-6-19(22)7-4-15/h3-8,16,18H,9-14H2,1-2H3/t16-,18+/m0/s1. The van der Waals surface area contributed by atoms with Crippen LogP contribution >= 0.6 is 11.6 Å². The summed E-state index contributed by atoms with van der Waals surface area (Å²) in [5.41, 5.74) is 3.62. The number of likely N-dealkylation sites (tertiary alicyclic amines) is 1. The second-order valence-corrected chi connectivity index (χ2v) is 8.49. The minimum absolute atomic E-state index is 0.206. The van der Waals surface area contributed by atoms with Gasteiger partial charge >= 0.3 is 0 Å². The van der Waals surface area contributed by atoms with Crippen LogP contribution in [-0.4, -0.2) is 41.6 Å². The number of fused-ring (bicyclic) bond motifs is 4. The second kappa shape index (κ2) is 7.18. The summed E-state index contributed by atoms with van der Waals surface area (Å²) in [5.74, 6) is 1.01. The van der Waals surface area contributed by atoms with Crippen molar-refractivity contribution in [3.8, 4) is 0 Å². The van der Waals surface area contributed by atoms with Crippen LogP contribution in [0.3, 0.4) is 0 Å². The zero-order valence-corrected chi connectivity index (χ0v) is 16.2. The number of hydrogen-bond acceptors (Lipinski definition) is 3. The van der Waals surface area contributed by atoms with Crippen molar-refractivity contribution >= 4 is 11.6 Å². The summed E-state index contributed by atoms with van der Waals surface area (Å²) in [7, 11) is 4.01. The zero-order chi connectivity index (χ0) is 18.3. The normalized spacial score (nSPS) is 22.5. The van der Waals surface area contributed by atoms with E-state index in [2.05, 4.69) is 32.6 Å². The van der Waals surface area contributed by atoms with E-state index in [9.17, 15) is 4.79 Å². The van der Waals surface area contributed by atoms with Gasteiger partial charge in [0.15, 0.2) is 0 Å². The Morgan fingerprint density at radius 3 is 2.58 bits per heavy atom. The van der Waals surface area contributed by atoms with Crippen molar-refractivity contribution in [1.29, 1.82) is 0 Å². The molecule has 2 aliphatic rings. The van der Waals surface area contributed by atoms with Crippen LogP contribution in [0.4, 0.5) is 0 Å². The van der Waals surface area contributed by atoms with Gasteiger partial charge in [-0.25, -0.2) is 0 Å². The summed E-state index contributed by atoms with van der Waals surface area (Å²) in [6.07, 6.45) is 1.20. The molecule has 3 heterocycles. The van der Waals surface area contributed by atoms with Gasteiger partial charge < -0.3 is 9.47 Å². The summed E-state index contributed by atoms with van der Waals surface area (Å²) < 4.78 is 2.05. The molecule has 0 radical (unpaired) electrons. The number of nitrogens with zero attached hydrogens (tertiary/aromatic N) is 3. The van der Waals surface area contributed by atoms with Crippen LogP contribution < -0.4 is 5.56 Å². The molecule has 0 N–H and O–H groups in total. The average Bonchev–Trinajstić information content (AvgIpc) is 2.59. The largest absolute Gasteiger partial charge is 0.312 e. The van der Waals surface area contributed by atoms with Gasteiger partial charge in [-0.05, 0) is 50.2 Å². The molecule has 0 saturated carbocycles. The van der Waals surface area contributed by atoms with E-state index >= 15 is 0 Å². The summed E-state index contributed by atoms with van der Waals surface area (Å²) >= 11 is 6.00. The summed E-state index contributed by atoms with van der Waals surface area (Å²) in [6.45, 7) is 4.59. The number of benzene rings is 1. The van der Waals surface area contributed by atoms with Gasteiger partial charge in [0, 0.05) is 54.9 Å². The minimum atomic E-state index is 0.206. The number of pyridine rings is 1. The molecule has 1 saturated heterocycles. The highest BCUT2D eigenvalue weighted by Gasteiger charge is 2.34. The van der Waals surface area contributed by atoms with E-state index in [4.69, 9.17) is 11.6 Å². The van der Waals surface area contributed by atoms with Crippen molar-refractivity contribution in [2.24, 2.45) is 5.92 Å². The Morgan fingerprint density at radius 1 is 1.08 bits per heavy atom.